The first-order chi connectivity index (χ1) is 10.5. The summed E-state index contributed by atoms with van der Waals surface area (Å²) in [6, 6.07) is 12.1. The molecule has 0 aromatic heterocycles. The lowest BCUT2D eigenvalue weighted by atomic mass is 10.1. The van der Waals surface area contributed by atoms with Gasteiger partial charge in [0.05, 0.1) is 5.56 Å². The van der Waals surface area contributed by atoms with Gasteiger partial charge in [0, 0.05) is 7.05 Å². The number of hydrogen-bond donors (Lipinski definition) is 2. The quantitative estimate of drug-likeness (QED) is 0.847. The van der Waals surface area contributed by atoms with Crippen molar-refractivity contribution in [3.63, 3.8) is 0 Å². The summed E-state index contributed by atoms with van der Waals surface area (Å²) in [6.07, 6.45) is -1.07. The van der Waals surface area contributed by atoms with Crippen molar-refractivity contribution in [3.05, 3.63) is 48.0 Å². The molecule has 0 aliphatic carbocycles. The smallest absolute Gasteiger partial charge is 0.338 e. The number of esters is 1. The van der Waals surface area contributed by atoms with E-state index in [-0.39, 0.29) is 0 Å². The molecule has 0 spiro atoms. The lowest BCUT2D eigenvalue weighted by Crippen LogP contribution is -2.43. The Hall–Kier alpha value is -2.89. The van der Waals surface area contributed by atoms with Crippen molar-refractivity contribution in [2.45, 2.75) is 13.0 Å². The number of fused-ring (bicyclic) bond motifs is 1. The third kappa shape index (κ3) is 3.60. The second-order valence-corrected chi connectivity index (χ2v) is 4.68. The van der Waals surface area contributed by atoms with Gasteiger partial charge >= 0.3 is 12.0 Å². The fraction of sp³-hybridized carbons (Fsp3) is 0.188. The highest BCUT2D eigenvalue weighted by Crippen LogP contribution is 2.16. The summed E-state index contributed by atoms with van der Waals surface area (Å²) in [7, 11) is 1.38. The fourth-order valence-corrected chi connectivity index (χ4v) is 1.87. The Morgan fingerprint density at radius 2 is 1.73 bits per heavy atom. The van der Waals surface area contributed by atoms with Crippen LogP contribution in [0.1, 0.15) is 17.3 Å². The van der Waals surface area contributed by atoms with Gasteiger partial charge in [0.15, 0.2) is 6.10 Å². The maximum atomic E-state index is 12.1. The summed E-state index contributed by atoms with van der Waals surface area (Å²) >= 11 is 0. The molecular formula is C16H16N2O4. The lowest BCUT2D eigenvalue weighted by molar-refractivity contribution is -0.127. The number of nitrogens with one attached hydrogen (secondary N) is 2. The van der Waals surface area contributed by atoms with Gasteiger partial charge in [-0.1, -0.05) is 30.3 Å². The van der Waals surface area contributed by atoms with Gasteiger partial charge in [-0.3, -0.25) is 10.1 Å². The number of benzene rings is 2. The van der Waals surface area contributed by atoms with E-state index >= 15 is 0 Å². The summed E-state index contributed by atoms with van der Waals surface area (Å²) in [5, 5.41) is 6.20. The van der Waals surface area contributed by atoms with Gasteiger partial charge in [0.1, 0.15) is 0 Å². The largest absolute Gasteiger partial charge is 0.449 e. The standard InChI is InChI=1S/C16H16N2O4/c1-10(14(19)18-16(21)17-2)22-15(20)13-8-7-11-5-3-4-6-12(11)9-13/h3-10H,1-2H3,(H2,17,18,19,21)/t10-/m1/s1. The molecule has 3 amide bonds. The minimum absolute atomic E-state index is 0.346. The van der Waals surface area contributed by atoms with Crippen molar-refractivity contribution < 1.29 is 19.1 Å². The fourth-order valence-electron chi connectivity index (χ4n) is 1.87. The van der Waals surface area contributed by atoms with Gasteiger partial charge in [0.2, 0.25) is 0 Å². The summed E-state index contributed by atoms with van der Waals surface area (Å²) < 4.78 is 5.06. The number of carbonyl (C=O) groups is 3. The zero-order chi connectivity index (χ0) is 16.1. The van der Waals surface area contributed by atoms with Crippen molar-refractivity contribution in [1.82, 2.24) is 10.6 Å². The molecule has 0 aliphatic heterocycles. The molecule has 22 heavy (non-hydrogen) atoms. The molecule has 0 aliphatic rings. The van der Waals surface area contributed by atoms with E-state index in [1.165, 1.54) is 14.0 Å². The molecule has 1 atom stereocenters. The number of carbonyl (C=O) groups excluding carboxylic acids is 3. The summed E-state index contributed by atoms with van der Waals surface area (Å²) in [5.74, 6) is -1.31. The second kappa shape index (κ2) is 6.71. The second-order valence-electron chi connectivity index (χ2n) is 4.68. The van der Waals surface area contributed by atoms with Crippen LogP contribution in [0.2, 0.25) is 0 Å². The van der Waals surface area contributed by atoms with E-state index in [1.54, 1.807) is 18.2 Å². The number of rotatable bonds is 3. The van der Waals surface area contributed by atoms with Gasteiger partial charge in [-0.15, -0.1) is 0 Å². The molecule has 0 saturated carbocycles. The van der Waals surface area contributed by atoms with Gasteiger partial charge in [-0.05, 0) is 29.8 Å². The number of ether oxygens (including phenoxy) is 1. The molecule has 6 heteroatoms. The molecule has 2 aromatic carbocycles. The SMILES string of the molecule is CNC(=O)NC(=O)[C@@H](C)OC(=O)c1ccc2ccccc2c1. The van der Waals surface area contributed by atoms with E-state index in [4.69, 9.17) is 4.74 Å². The molecule has 0 heterocycles. The first kappa shape index (κ1) is 15.5. The Bertz CT molecular complexity index is 727. The third-order valence-corrected chi connectivity index (χ3v) is 3.10. The zero-order valence-corrected chi connectivity index (χ0v) is 12.3. The topological polar surface area (TPSA) is 84.5 Å². The highest BCUT2D eigenvalue weighted by Gasteiger charge is 2.20. The van der Waals surface area contributed by atoms with Crippen LogP contribution in [0, 0.1) is 0 Å². The highest BCUT2D eigenvalue weighted by molar-refractivity contribution is 5.99. The monoisotopic (exact) mass is 300 g/mol. The molecule has 0 fully saturated rings. The molecule has 2 rings (SSSR count). The highest BCUT2D eigenvalue weighted by atomic mass is 16.5. The lowest BCUT2D eigenvalue weighted by Gasteiger charge is -2.13. The van der Waals surface area contributed by atoms with Gasteiger partial charge in [-0.2, -0.15) is 0 Å². The van der Waals surface area contributed by atoms with Crippen LogP contribution in [-0.4, -0.2) is 31.1 Å². The Morgan fingerprint density at radius 3 is 2.41 bits per heavy atom. The van der Waals surface area contributed by atoms with E-state index in [0.29, 0.717) is 5.56 Å². The molecule has 2 aromatic rings. The normalized spacial score (nSPS) is 11.5. The first-order valence-electron chi connectivity index (χ1n) is 6.73. The number of urea groups is 1. The Morgan fingerprint density at radius 1 is 1.05 bits per heavy atom. The van der Waals surface area contributed by atoms with Crippen molar-refractivity contribution in [2.24, 2.45) is 0 Å². The predicted octanol–water partition coefficient (Wildman–Crippen LogP) is 1.84. The number of hydrogen-bond acceptors (Lipinski definition) is 4. The van der Waals surface area contributed by atoms with Crippen LogP contribution in [0.25, 0.3) is 10.8 Å². The first-order valence-corrected chi connectivity index (χ1v) is 6.73. The molecule has 0 bridgehead atoms. The van der Waals surface area contributed by atoms with E-state index in [9.17, 15) is 14.4 Å². The third-order valence-electron chi connectivity index (χ3n) is 3.10. The maximum absolute atomic E-state index is 12.1. The summed E-state index contributed by atoms with van der Waals surface area (Å²) in [6.45, 7) is 1.40. The van der Waals surface area contributed by atoms with Crippen LogP contribution in [0.3, 0.4) is 0 Å². The average Bonchev–Trinajstić information content (AvgIpc) is 2.53. The van der Waals surface area contributed by atoms with E-state index in [1.807, 2.05) is 29.6 Å². The molecule has 0 radical (unpaired) electrons. The minimum atomic E-state index is -1.07. The van der Waals surface area contributed by atoms with Gasteiger partial charge < -0.3 is 10.1 Å². The number of imide groups is 1. The Labute approximate surface area is 127 Å². The molecule has 0 saturated heterocycles. The van der Waals surface area contributed by atoms with E-state index in [2.05, 4.69) is 5.32 Å². The van der Waals surface area contributed by atoms with Crippen LogP contribution >= 0.6 is 0 Å². The predicted molar refractivity (Wildman–Crippen MR) is 81.4 cm³/mol. The minimum Gasteiger partial charge on any atom is -0.449 e. The van der Waals surface area contributed by atoms with Crippen molar-refractivity contribution in [3.8, 4) is 0 Å². The van der Waals surface area contributed by atoms with Crippen molar-refractivity contribution in [1.29, 1.82) is 0 Å². The van der Waals surface area contributed by atoms with Crippen LogP contribution in [0.5, 0.6) is 0 Å². The Kier molecular flexibility index (Phi) is 4.73. The van der Waals surface area contributed by atoms with Crippen molar-refractivity contribution in [2.75, 3.05) is 7.05 Å². The Balaban J connectivity index is 2.07. The van der Waals surface area contributed by atoms with E-state index < -0.39 is 24.0 Å². The maximum Gasteiger partial charge on any atom is 0.338 e. The molecule has 114 valence electrons. The summed E-state index contributed by atoms with van der Waals surface area (Å²) in [4.78, 5) is 34.7. The van der Waals surface area contributed by atoms with Gasteiger partial charge in [0.25, 0.3) is 5.91 Å². The van der Waals surface area contributed by atoms with Crippen LogP contribution in [0.15, 0.2) is 42.5 Å². The van der Waals surface area contributed by atoms with Crippen molar-refractivity contribution >= 4 is 28.7 Å². The molecule has 6 nitrogen and oxygen atoms in total. The van der Waals surface area contributed by atoms with Gasteiger partial charge in [-0.25, -0.2) is 9.59 Å². The molecular weight excluding hydrogens is 284 g/mol. The molecule has 0 unspecified atom stereocenters. The zero-order valence-electron chi connectivity index (χ0n) is 12.3. The number of amides is 3. The van der Waals surface area contributed by atoms with Crippen LogP contribution in [0.4, 0.5) is 4.79 Å². The molecule has 2 N–H and O–H groups in total. The average molecular weight is 300 g/mol. The summed E-state index contributed by atoms with van der Waals surface area (Å²) in [5.41, 5.74) is 0.346. The van der Waals surface area contributed by atoms with E-state index in [0.717, 1.165) is 10.8 Å². The van der Waals surface area contributed by atoms with Crippen LogP contribution < -0.4 is 10.6 Å². The van der Waals surface area contributed by atoms with Crippen LogP contribution in [-0.2, 0) is 9.53 Å².